The molecule has 0 radical (unpaired) electrons. The summed E-state index contributed by atoms with van der Waals surface area (Å²) in [5.41, 5.74) is 0.452. The summed E-state index contributed by atoms with van der Waals surface area (Å²) in [6.45, 7) is 0.0842. The molecule has 1 heterocycles. The summed E-state index contributed by atoms with van der Waals surface area (Å²) in [5.74, 6) is -0.0772. The van der Waals surface area contributed by atoms with E-state index in [1.54, 1.807) is 0 Å². The molecule has 0 atom stereocenters. The first-order valence-electron chi connectivity index (χ1n) is 4.64. The fourth-order valence-corrected chi connectivity index (χ4v) is 1.19. The molecule has 16 heavy (non-hydrogen) atoms. The molecule has 6 heteroatoms. The Labute approximate surface area is 90.7 Å². The monoisotopic (exact) mass is 220 g/mol. The van der Waals surface area contributed by atoms with Gasteiger partial charge in [-0.05, 0) is 24.3 Å². The summed E-state index contributed by atoms with van der Waals surface area (Å²) in [5, 5.41) is 8.96. The topological polar surface area (TPSA) is 70.7 Å². The number of aromatic amines is 1. The minimum atomic E-state index is -0.361. The van der Waals surface area contributed by atoms with Gasteiger partial charge < -0.3 is 5.32 Å². The van der Waals surface area contributed by atoms with Gasteiger partial charge in [-0.15, -0.1) is 0 Å². The number of anilines is 1. The van der Waals surface area contributed by atoms with Gasteiger partial charge in [0, 0.05) is 5.56 Å². The number of Topliss-reactive ketones (excluding diaryl/α,β-unsaturated/α-hetero) is 1. The molecule has 0 spiro atoms. The van der Waals surface area contributed by atoms with Crippen LogP contribution in [0.2, 0.25) is 0 Å². The van der Waals surface area contributed by atoms with Crippen LogP contribution in [0.4, 0.5) is 10.3 Å². The fourth-order valence-electron chi connectivity index (χ4n) is 1.19. The molecule has 0 amide bonds. The number of aromatic nitrogens is 3. The second-order valence-electron chi connectivity index (χ2n) is 3.12. The molecular formula is C10H9FN4O. The molecule has 2 N–H and O–H groups in total. The zero-order valence-corrected chi connectivity index (χ0v) is 8.27. The number of H-pyrrole nitrogens is 1. The molecule has 2 rings (SSSR count). The van der Waals surface area contributed by atoms with E-state index < -0.39 is 0 Å². The van der Waals surface area contributed by atoms with Crippen molar-refractivity contribution in [2.45, 2.75) is 0 Å². The van der Waals surface area contributed by atoms with Crippen molar-refractivity contribution < 1.29 is 9.18 Å². The molecule has 2 aromatic rings. The number of nitrogens with zero attached hydrogens (tertiary/aromatic N) is 2. The maximum Gasteiger partial charge on any atom is 0.218 e. The first-order chi connectivity index (χ1) is 7.75. The number of rotatable bonds is 4. The van der Waals surface area contributed by atoms with E-state index in [4.69, 9.17) is 0 Å². The summed E-state index contributed by atoms with van der Waals surface area (Å²) >= 11 is 0. The predicted octanol–water partition coefficient (Wildman–Crippen LogP) is 1.24. The Morgan fingerprint density at radius 1 is 1.38 bits per heavy atom. The van der Waals surface area contributed by atoms with Crippen molar-refractivity contribution in [3.63, 3.8) is 0 Å². The van der Waals surface area contributed by atoms with Crippen molar-refractivity contribution in [3.8, 4) is 0 Å². The van der Waals surface area contributed by atoms with E-state index in [1.807, 2.05) is 0 Å². The smallest absolute Gasteiger partial charge is 0.218 e. The van der Waals surface area contributed by atoms with Crippen LogP contribution in [0.15, 0.2) is 30.6 Å². The van der Waals surface area contributed by atoms with Crippen LogP contribution in [0, 0.1) is 5.82 Å². The summed E-state index contributed by atoms with van der Waals surface area (Å²) in [7, 11) is 0. The second kappa shape index (κ2) is 4.52. The molecule has 0 saturated carbocycles. The summed E-state index contributed by atoms with van der Waals surface area (Å²) in [6.07, 6.45) is 1.34. The largest absolute Gasteiger partial charge is 0.347 e. The molecule has 0 aliphatic rings. The van der Waals surface area contributed by atoms with Gasteiger partial charge in [-0.2, -0.15) is 5.10 Å². The molecule has 0 unspecified atom stereocenters. The Kier molecular flexibility index (Phi) is 2.90. The normalized spacial score (nSPS) is 10.1. The van der Waals surface area contributed by atoms with E-state index in [0.29, 0.717) is 11.5 Å². The molecule has 0 fully saturated rings. The second-order valence-corrected chi connectivity index (χ2v) is 3.12. The number of hydrogen-bond donors (Lipinski definition) is 2. The average Bonchev–Trinajstić information content (AvgIpc) is 2.80. The lowest BCUT2D eigenvalue weighted by molar-refractivity contribution is 0.101. The van der Waals surface area contributed by atoms with Crippen LogP contribution >= 0.6 is 0 Å². The third-order valence-corrected chi connectivity index (χ3v) is 2.00. The molecule has 1 aromatic carbocycles. The van der Waals surface area contributed by atoms with Crippen LogP contribution in [0.25, 0.3) is 0 Å². The van der Waals surface area contributed by atoms with E-state index in [9.17, 15) is 9.18 Å². The summed E-state index contributed by atoms with van der Waals surface area (Å²) in [4.78, 5) is 15.4. The minimum absolute atomic E-state index is 0.0842. The average molecular weight is 220 g/mol. The number of ketones is 1. The fraction of sp³-hybridized carbons (Fsp3) is 0.100. The van der Waals surface area contributed by atoms with Crippen molar-refractivity contribution >= 4 is 11.7 Å². The van der Waals surface area contributed by atoms with Crippen LogP contribution < -0.4 is 5.32 Å². The number of benzene rings is 1. The van der Waals surface area contributed by atoms with Crippen molar-refractivity contribution in [1.29, 1.82) is 0 Å². The highest BCUT2D eigenvalue weighted by atomic mass is 19.1. The molecule has 1 aromatic heterocycles. The number of hydrogen-bond acceptors (Lipinski definition) is 4. The Balaban J connectivity index is 1.95. The van der Waals surface area contributed by atoms with Gasteiger partial charge in [0.2, 0.25) is 5.95 Å². The maximum atomic E-state index is 12.6. The lowest BCUT2D eigenvalue weighted by Gasteiger charge is -2.01. The number of nitrogens with one attached hydrogen (secondary N) is 2. The third kappa shape index (κ3) is 2.41. The zero-order chi connectivity index (χ0) is 11.4. The van der Waals surface area contributed by atoms with Crippen molar-refractivity contribution in [3.05, 3.63) is 42.0 Å². The molecule has 5 nitrogen and oxygen atoms in total. The van der Waals surface area contributed by atoms with Gasteiger partial charge in [-0.3, -0.25) is 4.79 Å². The number of carbonyl (C=O) groups excluding carboxylic acids is 1. The number of halogens is 1. The SMILES string of the molecule is O=C(CNc1ncn[nH]1)c1ccc(F)cc1. The quantitative estimate of drug-likeness (QED) is 0.760. The van der Waals surface area contributed by atoms with Gasteiger partial charge >= 0.3 is 0 Å². The molecule has 82 valence electrons. The molecule has 0 bridgehead atoms. The van der Waals surface area contributed by atoms with E-state index >= 15 is 0 Å². The van der Waals surface area contributed by atoms with Gasteiger partial charge in [0.15, 0.2) is 5.78 Å². The van der Waals surface area contributed by atoms with Gasteiger partial charge in [0.05, 0.1) is 6.54 Å². The van der Waals surface area contributed by atoms with Gasteiger partial charge in [0.1, 0.15) is 12.1 Å². The molecule has 0 aliphatic heterocycles. The van der Waals surface area contributed by atoms with Crippen LogP contribution in [-0.2, 0) is 0 Å². The Morgan fingerprint density at radius 2 is 2.12 bits per heavy atom. The molecule has 0 saturated heterocycles. The lowest BCUT2D eigenvalue weighted by Crippen LogP contribution is -2.14. The van der Waals surface area contributed by atoms with Gasteiger partial charge in [-0.25, -0.2) is 14.5 Å². The van der Waals surface area contributed by atoms with Crippen LogP contribution in [0.1, 0.15) is 10.4 Å². The number of carbonyl (C=O) groups is 1. The van der Waals surface area contributed by atoms with Crippen LogP contribution in [0.5, 0.6) is 0 Å². The van der Waals surface area contributed by atoms with Crippen LogP contribution in [-0.4, -0.2) is 27.5 Å². The highest BCUT2D eigenvalue weighted by Gasteiger charge is 2.06. The Bertz CT molecular complexity index is 466. The molecular weight excluding hydrogens is 211 g/mol. The van der Waals surface area contributed by atoms with Gasteiger partial charge in [0.25, 0.3) is 0 Å². The Hall–Kier alpha value is -2.24. The predicted molar refractivity (Wildman–Crippen MR) is 55.6 cm³/mol. The summed E-state index contributed by atoms with van der Waals surface area (Å²) in [6, 6.07) is 5.39. The highest BCUT2D eigenvalue weighted by molar-refractivity contribution is 5.98. The van der Waals surface area contributed by atoms with Crippen molar-refractivity contribution in [2.24, 2.45) is 0 Å². The first kappa shape index (κ1) is 10.3. The van der Waals surface area contributed by atoms with E-state index in [2.05, 4.69) is 20.5 Å². The van der Waals surface area contributed by atoms with Gasteiger partial charge in [-0.1, -0.05) is 0 Å². The Morgan fingerprint density at radius 3 is 2.75 bits per heavy atom. The van der Waals surface area contributed by atoms with E-state index in [1.165, 1.54) is 30.6 Å². The van der Waals surface area contributed by atoms with Crippen LogP contribution in [0.3, 0.4) is 0 Å². The summed E-state index contributed by atoms with van der Waals surface area (Å²) < 4.78 is 12.6. The van der Waals surface area contributed by atoms with E-state index in [0.717, 1.165) is 0 Å². The van der Waals surface area contributed by atoms with E-state index in [-0.39, 0.29) is 18.1 Å². The first-order valence-corrected chi connectivity index (χ1v) is 4.64. The minimum Gasteiger partial charge on any atom is -0.347 e. The van der Waals surface area contributed by atoms with Crippen molar-refractivity contribution in [1.82, 2.24) is 15.2 Å². The maximum absolute atomic E-state index is 12.6. The molecule has 0 aliphatic carbocycles. The standard InChI is InChI=1S/C10H9FN4O/c11-8-3-1-7(2-4-8)9(16)5-12-10-13-6-14-15-10/h1-4,6H,5H2,(H2,12,13,14,15). The third-order valence-electron chi connectivity index (χ3n) is 2.00. The zero-order valence-electron chi connectivity index (χ0n) is 8.27. The van der Waals surface area contributed by atoms with Crippen molar-refractivity contribution in [2.75, 3.05) is 11.9 Å². The highest BCUT2D eigenvalue weighted by Crippen LogP contribution is 2.04. The lowest BCUT2D eigenvalue weighted by atomic mass is 10.1.